The lowest BCUT2D eigenvalue weighted by atomic mass is 10.1. The summed E-state index contributed by atoms with van der Waals surface area (Å²) in [5.41, 5.74) is 4.00. The van der Waals surface area contributed by atoms with Crippen molar-refractivity contribution < 1.29 is 4.74 Å². The number of nitrogens with one attached hydrogen (secondary N) is 1. The number of hydrazine groups is 1. The summed E-state index contributed by atoms with van der Waals surface area (Å²) in [5.74, 6) is 5.99. The second-order valence-electron chi connectivity index (χ2n) is 3.60. The molecule has 0 spiro atoms. The Hall–Kier alpha value is -1.70. The van der Waals surface area contributed by atoms with Crippen molar-refractivity contribution in [2.75, 3.05) is 7.11 Å². The van der Waals surface area contributed by atoms with Crippen LogP contribution in [0.1, 0.15) is 17.4 Å². The Balaban J connectivity index is 2.39. The molecule has 0 aliphatic carbocycles. The van der Waals surface area contributed by atoms with Crippen molar-refractivity contribution in [2.45, 2.75) is 6.04 Å². The zero-order chi connectivity index (χ0) is 13.1. The molecule has 18 heavy (non-hydrogen) atoms. The van der Waals surface area contributed by atoms with Crippen LogP contribution in [0.4, 0.5) is 0 Å². The van der Waals surface area contributed by atoms with Gasteiger partial charge in [0.25, 0.3) is 0 Å². The van der Waals surface area contributed by atoms with Gasteiger partial charge in [0.05, 0.1) is 29.7 Å². The van der Waals surface area contributed by atoms with Gasteiger partial charge in [-0.05, 0) is 6.07 Å². The number of hydrogen-bond acceptors (Lipinski definition) is 6. The summed E-state index contributed by atoms with van der Waals surface area (Å²) in [5, 5.41) is 12.5. The van der Waals surface area contributed by atoms with Gasteiger partial charge >= 0.3 is 0 Å². The molecule has 2 rings (SSSR count). The number of nitrogens with two attached hydrogens (primary N) is 1. The first-order valence-corrected chi connectivity index (χ1v) is 5.56. The predicted octanol–water partition coefficient (Wildman–Crippen LogP) is 0.425. The molecule has 2 aromatic rings. The molecule has 0 saturated heterocycles. The molecule has 0 bridgehead atoms. The van der Waals surface area contributed by atoms with Crippen molar-refractivity contribution in [2.24, 2.45) is 12.9 Å². The molecule has 2 aromatic heterocycles. The highest BCUT2D eigenvalue weighted by Gasteiger charge is 2.21. The topological polar surface area (TPSA) is 90.9 Å². The quantitative estimate of drug-likeness (QED) is 0.617. The molecule has 1 unspecified atom stereocenters. The van der Waals surface area contributed by atoms with Crippen molar-refractivity contribution in [3.63, 3.8) is 0 Å². The van der Waals surface area contributed by atoms with Crippen molar-refractivity contribution in [1.82, 2.24) is 25.4 Å². The third-order valence-electron chi connectivity index (χ3n) is 2.54. The summed E-state index contributed by atoms with van der Waals surface area (Å²) in [7, 11) is 3.31. The van der Waals surface area contributed by atoms with Gasteiger partial charge < -0.3 is 4.74 Å². The lowest BCUT2D eigenvalue weighted by molar-refractivity contribution is 0.390. The Morgan fingerprint density at radius 1 is 1.44 bits per heavy atom. The van der Waals surface area contributed by atoms with E-state index in [0.29, 0.717) is 16.6 Å². The van der Waals surface area contributed by atoms with E-state index in [2.05, 4.69) is 20.7 Å². The molecule has 0 aliphatic heterocycles. The highest BCUT2D eigenvalue weighted by atomic mass is 35.5. The van der Waals surface area contributed by atoms with Crippen molar-refractivity contribution >= 4 is 11.6 Å². The van der Waals surface area contributed by atoms with Crippen LogP contribution in [0.3, 0.4) is 0 Å². The second-order valence-corrected chi connectivity index (χ2v) is 4.01. The Labute approximate surface area is 109 Å². The van der Waals surface area contributed by atoms with E-state index in [9.17, 15) is 0 Å². The third-order valence-corrected chi connectivity index (χ3v) is 2.83. The fraction of sp³-hybridized carbons (Fsp3) is 0.300. The lowest BCUT2D eigenvalue weighted by Crippen LogP contribution is -2.31. The van der Waals surface area contributed by atoms with Crippen LogP contribution in [-0.2, 0) is 7.05 Å². The number of aromatic nitrogens is 4. The summed E-state index contributed by atoms with van der Waals surface area (Å²) in [6, 6.07) is 3.08. The van der Waals surface area contributed by atoms with Crippen LogP contribution in [0.5, 0.6) is 5.88 Å². The van der Waals surface area contributed by atoms with Crippen LogP contribution >= 0.6 is 11.6 Å². The Morgan fingerprint density at radius 2 is 2.22 bits per heavy atom. The molecular weight excluding hydrogens is 256 g/mol. The highest BCUT2D eigenvalue weighted by Crippen LogP contribution is 2.26. The Bertz CT molecular complexity index is 506. The molecule has 0 fully saturated rings. The van der Waals surface area contributed by atoms with Crippen LogP contribution in [-0.4, -0.2) is 27.1 Å². The zero-order valence-electron chi connectivity index (χ0n) is 9.96. The van der Waals surface area contributed by atoms with Gasteiger partial charge in [-0.1, -0.05) is 11.6 Å². The van der Waals surface area contributed by atoms with Crippen molar-refractivity contribution in [3.05, 3.63) is 34.7 Å². The summed E-state index contributed by atoms with van der Waals surface area (Å²) < 4.78 is 6.59. The van der Waals surface area contributed by atoms with E-state index in [1.165, 1.54) is 7.11 Å². The smallest absolute Gasteiger partial charge is 0.233 e. The average molecular weight is 269 g/mol. The van der Waals surface area contributed by atoms with Gasteiger partial charge in [0.2, 0.25) is 5.88 Å². The fourth-order valence-corrected chi connectivity index (χ4v) is 1.92. The fourth-order valence-electron chi connectivity index (χ4n) is 1.64. The summed E-state index contributed by atoms with van der Waals surface area (Å²) >= 11 is 6.08. The van der Waals surface area contributed by atoms with Crippen LogP contribution in [0, 0.1) is 0 Å². The first-order valence-electron chi connectivity index (χ1n) is 5.18. The van der Waals surface area contributed by atoms with Gasteiger partial charge in [0, 0.05) is 13.1 Å². The summed E-state index contributed by atoms with van der Waals surface area (Å²) in [6.45, 7) is 0. The lowest BCUT2D eigenvalue weighted by Gasteiger charge is -2.15. The summed E-state index contributed by atoms with van der Waals surface area (Å²) in [4.78, 5) is 0. The Morgan fingerprint density at radius 3 is 2.67 bits per heavy atom. The highest BCUT2D eigenvalue weighted by molar-refractivity contribution is 6.31. The first kappa shape index (κ1) is 12.7. The Kier molecular flexibility index (Phi) is 3.75. The van der Waals surface area contributed by atoms with E-state index >= 15 is 0 Å². The number of nitrogens with zero attached hydrogens (tertiary/aromatic N) is 4. The third kappa shape index (κ3) is 2.28. The summed E-state index contributed by atoms with van der Waals surface area (Å²) in [6.07, 6.45) is 1.55. The molecule has 0 aromatic carbocycles. The predicted molar refractivity (Wildman–Crippen MR) is 66.0 cm³/mol. The molecule has 7 nitrogen and oxygen atoms in total. The number of ether oxygens (including phenoxy) is 1. The second kappa shape index (κ2) is 5.30. The van der Waals surface area contributed by atoms with Gasteiger partial charge in [0.1, 0.15) is 6.04 Å². The maximum atomic E-state index is 6.08. The van der Waals surface area contributed by atoms with E-state index in [1.54, 1.807) is 30.1 Å². The molecule has 0 aliphatic rings. The van der Waals surface area contributed by atoms with Crippen LogP contribution in [0.25, 0.3) is 0 Å². The molecular formula is C10H13ClN6O. The normalized spacial score (nSPS) is 12.4. The maximum absolute atomic E-state index is 6.08. The van der Waals surface area contributed by atoms with Gasteiger partial charge in [-0.15, -0.1) is 10.2 Å². The largest absolute Gasteiger partial charge is 0.480 e. The van der Waals surface area contributed by atoms with Crippen LogP contribution in [0.2, 0.25) is 5.02 Å². The molecule has 96 valence electrons. The van der Waals surface area contributed by atoms with Gasteiger partial charge in [-0.25, -0.2) is 5.43 Å². The van der Waals surface area contributed by atoms with Crippen molar-refractivity contribution in [1.29, 1.82) is 0 Å². The monoisotopic (exact) mass is 268 g/mol. The average Bonchev–Trinajstić information content (AvgIpc) is 2.72. The van der Waals surface area contributed by atoms with Crippen molar-refractivity contribution in [3.8, 4) is 5.88 Å². The SMILES string of the molecule is COc1ccc(C(NN)c2c(Cl)cnn2C)nn1. The number of hydrogen-bond donors (Lipinski definition) is 2. The first-order chi connectivity index (χ1) is 8.67. The molecule has 3 N–H and O–H groups in total. The van der Waals surface area contributed by atoms with E-state index in [-0.39, 0.29) is 6.04 Å². The molecule has 2 heterocycles. The molecule has 0 amide bonds. The number of halogens is 1. The van der Waals surface area contributed by atoms with Gasteiger partial charge in [-0.2, -0.15) is 5.10 Å². The zero-order valence-corrected chi connectivity index (χ0v) is 10.7. The molecule has 1 atom stereocenters. The van der Waals surface area contributed by atoms with Gasteiger partial charge in [-0.3, -0.25) is 10.5 Å². The van der Waals surface area contributed by atoms with E-state index in [4.69, 9.17) is 22.2 Å². The standard InChI is InChI=1S/C10H13ClN6O/c1-17-10(6(11)5-13-17)9(14-12)7-3-4-8(18-2)16-15-7/h3-5,9,14H,12H2,1-2H3. The van der Waals surface area contributed by atoms with E-state index < -0.39 is 0 Å². The van der Waals surface area contributed by atoms with E-state index in [0.717, 1.165) is 5.69 Å². The maximum Gasteiger partial charge on any atom is 0.233 e. The van der Waals surface area contributed by atoms with Gasteiger partial charge in [0.15, 0.2) is 0 Å². The van der Waals surface area contributed by atoms with Crippen LogP contribution < -0.4 is 16.0 Å². The minimum absolute atomic E-state index is 0.386. The molecule has 8 heteroatoms. The van der Waals surface area contributed by atoms with Crippen LogP contribution in [0.15, 0.2) is 18.3 Å². The molecule has 0 radical (unpaired) electrons. The number of methoxy groups -OCH3 is 1. The number of rotatable bonds is 4. The minimum Gasteiger partial charge on any atom is -0.480 e. The minimum atomic E-state index is -0.386. The van der Waals surface area contributed by atoms with E-state index in [1.807, 2.05) is 0 Å². The number of aryl methyl sites for hydroxylation is 1. The molecule has 0 saturated carbocycles.